The lowest BCUT2D eigenvalue weighted by molar-refractivity contribution is -0.127. The maximum absolute atomic E-state index is 13.2. The molecule has 0 bridgehead atoms. The van der Waals surface area contributed by atoms with Gasteiger partial charge in [-0.15, -0.1) is 0 Å². The highest BCUT2D eigenvalue weighted by Crippen LogP contribution is 2.68. The quantitative estimate of drug-likeness (QED) is 0.635. The number of rotatable bonds is 3. The van der Waals surface area contributed by atoms with Crippen LogP contribution in [0.5, 0.6) is 0 Å². The highest BCUT2D eigenvalue weighted by molar-refractivity contribution is 5.82. The molecule has 4 saturated carbocycles. The summed E-state index contributed by atoms with van der Waals surface area (Å²) in [6.45, 7) is 5.32. The van der Waals surface area contributed by atoms with Crippen molar-refractivity contribution < 1.29 is 4.79 Å². The molecule has 0 amide bonds. The molecule has 3 heteroatoms. The van der Waals surface area contributed by atoms with Gasteiger partial charge in [-0.2, -0.15) is 5.10 Å². The van der Waals surface area contributed by atoms with Gasteiger partial charge in [-0.05, 0) is 104 Å². The van der Waals surface area contributed by atoms with E-state index in [0.717, 1.165) is 41.4 Å². The van der Waals surface area contributed by atoms with Crippen LogP contribution in [0.3, 0.4) is 0 Å². The topological polar surface area (TPSA) is 34.9 Å². The summed E-state index contributed by atoms with van der Waals surface area (Å²) in [6.07, 6.45) is 19.9. The zero-order chi connectivity index (χ0) is 19.8. The number of hydrogen-bond donors (Lipinski definition) is 0. The highest BCUT2D eigenvalue weighted by atomic mass is 16.1. The number of ketones is 1. The van der Waals surface area contributed by atoms with Crippen LogP contribution in [0.25, 0.3) is 0 Å². The minimum Gasteiger partial charge on any atom is -0.297 e. The Balaban J connectivity index is 1.22. The van der Waals surface area contributed by atoms with E-state index in [-0.39, 0.29) is 11.3 Å². The standard InChI is InChI=1S/C26H36N2O/c1-17-14-26(17)11-9-19-18(15-26)4-5-21-20(19)8-10-25(2)22(21)6-7-23(25)24(29)16-28-13-3-12-27-28/h3,8,10,12-13,17-23H,4-7,9,11,14-16H2,1-2H3/t17-,18-,19+,20?,21-,22?,23-,25+,26?/m1/s1. The Morgan fingerprint density at radius 2 is 2.00 bits per heavy atom. The lowest BCUT2D eigenvalue weighted by atomic mass is 9.51. The monoisotopic (exact) mass is 392 g/mol. The van der Waals surface area contributed by atoms with E-state index >= 15 is 0 Å². The number of fused-ring (bicyclic) bond motifs is 5. The van der Waals surface area contributed by atoms with E-state index in [0.29, 0.717) is 18.2 Å². The van der Waals surface area contributed by atoms with Crippen LogP contribution in [-0.2, 0) is 11.3 Å². The summed E-state index contributed by atoms with van der Waals surface area (Å²) >= 11 is 0. The summed E-state index contributed by atoms with van der Waals surface area (Å²) in [4.78, 5) is 13.2. The third-order valence-electron chi connectivity index (χ3n) is 10.5. The molecule has 29 heavy (non-hydrogen) atoms. The van der Waals surface area contributed by atoms with Crippen LogP contribution < -0.4 is 0 Å². The second-order valence-electron chi connectivity index (χ2n) is 11.6. The lowest BCUT2D eigenvalue weighted by Crippen LogP contribution is -2.47. The second kappa shape index (κ2) is 6.31. The van der Waals surface area contributed by atoms with Gasteiger partial charge in [0.2, 0.25) is 0 Å². The molecule has 1 aromatic rings. The van der Waals surface area contributed by atoms with Gasteiger partial charge in [-0.3, -0.25) is 9.48 Å². The minimum absolute atomic E-state index is 0.0686. The molecule has 0 N–H and O–H groups in total. The molecular formula is C26H36N2O. The van der Waals surface area contributed by atoms with Crippen molar-refractivity contribution in [1.82, 2.24) is 9.78 Å². The number of carbonyl (C=O) groups excluding carboxylic acids is 1. The zero-order valence-electron chi connectivity index (χ0n) is 18.1. The lowest BCUT2D eigenvalue weighted by Gasteiger charge is -2.53. The van der Waals surface area contributed by atoms with Crippen LogP contribution in [0.4, 0.5) is 0 Å². The number of Topliss-reactive ketones (excluding diaryl/α,β-unsaturated/α-hetero) is 1. The van der Waals surface area contributed by atoms with Crippen molar-refractivity contribution in [3.05, 3.63) is 30.6 Å². The van der Waals surface area contributed by atoms with Crippen LogP contribution in [0, 0.1) is 52.3 Å². The van der Waals surface area contributed by atoms with Gasteiger partial charge in [0.1, 0.15) is 0 Å². The Hall–Kier alpha value is -1.38. The molecule has 3 unspecified atom stereocenters. The molecule has 0 aromatic carbocycles. The Morgan fingerprint density at radius 3 is 2.76 bits per heavy atom. The van der Waals surface area contributed by atoms with Gasteiger partial charge >= 0.3 is 0 Å². The van der Waals surface area contributed by atoms with Crippen molar-refractivity contribution in [3.63, 3.8) is 0 Å². The third kappa shape index (κ3) is 2.68. The Morgan fingerprint density at radius 1 is 1.14 bits per heavy atom. The summed E-state index contributed by atoms with van der Waals surface area (Å²) in [5, 5.41) is 4.26. The molecule has 9 atom stereocenters. The van der Waals surface area contributed by atoms with E-state index in [1.807, 2.05) is 12.3 Å². The van der Waals surface area contributed by atoms with Crippen molar-refractivity contribution in [2.24, 2.45) is 52.3 Å². The van der Waals surface area contributed by atoms with Gasteiger partial charge in [0.05, 0.1) is 6.54 Å². The second-order valence-corrected chi connectivity index (χ2v) is 11.6. The van der Waals surface area contributed by atoms with E-state index in [1.165, 1.54) is 44.9 Å². The number of allylic oxidation sites excluding steroid dienone is 2. The Kier molecular flexibility index (Phi) is 4.00. The van der Waals surface area contributed by atoms with E-state index in [4.69, 9.17) is 0 Å². The largest absolute Gasteiger partial charge is 0.297 e. The molecule has 1 heterocycles. The molecule has 4 fully saturated rings. The molecule has 0 saturated heterocycles. The third-order valence-corrected chi connectivity index (χ3v) is 10.5. The maximum atomic E-state index is 13.2. The normalized spacial score (nSPS) is 50.1. The zero-order valence-corrected chi connectivity index (χ0v) is 18.1. The first kappa shape index (κ1) is 18.4. The fraction of sp³-hybridized carbons (Fsp3) is 0.769. The first-order valence-corrected chi connectivity index (χ1v) is 12.2. The van der Waals surface area contributed by atoms with Crippen LogP contribution in [-0.4, -0.2) is 15.6 Å². The minimum atomic E-state index is 0.0686. The summed E-state index contributed by atoms with van der Waals surface area (Å²) in [7, 11) is 0. The van der Waals surface area contributed by atoms with Crippen molar-refractivity contribution in [2.45, 2.75) is 71.8 Å². The van der Waals surface area contributed by atoms with Crippen molar-refractivity contribution >= 4 is 5.78 Å². The summed E-state index contributed by atoms with van der Waals surface area (Å²) in [5.41, 5.74) is 0.817. The number of nitrogens with zero attached hydrogens (tertiary/aromatic N) is 2. The fourth-order valence-corrected chi connectivity index (χ4v) is 8.78. The highest BCUT2D eigenvalue weighted by Gasteiger charge is 2.60. The summed E-state index contributed by atoms with van der Waals surface area (Å²) < 4.78 is 1.80. The van der Waals surface area contributed by atoms with Crippen molar-refractivity contribution in [3.8, 4) is 0 Å². The van der Waals surface area contributed by atoms with E-state index < -0.39 is 0 Å². The van der Waals surface area contributed by atoms with Crippen LogP contribution >= 0.6 is 0 Å². The van der Waals surface area contributed by atoms with Crippen LogP contribution in [0.1, 0.15) is 65.2 Å². The van der Waals surface area contributed by atoms with Crippen molar-refractivity contribution in [1.29, 1.82) is 0 Å². The molecule has 1 aromatic heterocycles. The average Bonchev–Trinajstić information content (AvgIpc) is 3.08. The molecule has 1 spiro atoms. The number of hydrogen-bond acceptors (Lipinski definition) is 2. The Bertz CT molecular complexity index is 828. The van der Waals surface area contributed by atoms with Crippen molar-refractivity contribution in [2.75, 3.05) is 0 Å². The predicted octanol–water partition coefficient (Wildman–Crippen LogP) is 5.52. The molecule has 3 nitrogen and oxygen atoms in total. The van der Waals surface area contributed by atoms with Gasteiger partial charge in [-0.1, -0.05) is 26.0 Å². The summed E-state index contributed by atoms with van der Waals surface area (Å²) in [6, 6.07) is 1.91. The first-order chi connectivity index (χ1) is 14.0. The fourth-order valence-electron chi connectivity index (χ4n) is 8.78. The molecule has 5 aliphatic carbocycles. The van der Waals surface area contributed by atoms with Gasteiger partial charge in [0.15, 0.2) is 5.78 Å². The van der Waals surface area contributed by atoms with E-state index in [2.05, 4.69) is 31.1 Å². The van der Waals surface area contributed by atoms with E-state index in [1.54, 1.807) is 10.9 Å². The van der Waals surface area contributed by atoms with Crippen LogP contribution in [0.15, 0.2) is 30.6 Å². The SMILES string of the molecule is C[C@@H]1CC12CC[C@@H]1C3C=C[C@@]4(C)C(CC[C@@H]4C(=O)Cn4cccn4)[C@@H]3CC[C@@H]1C2. The van der Waals surface area contributed by atoms with Gasteiger partial charge in [0, 0.05) is 18.3 Å². The van der Waals surface area contributed by atoms with Gasteiger partial charge < -0.3 is 0 Å². The molecular weight excluding hydrogens is 356 g/mol. The maximum Gasteiger partial charge on any atom is 0.158 e. The Labute approximate surface area is 175 Å². The predicted molar refractivity (Wildman–Crippen MR) is 114 cm³/mol. The molecule has 156 valence electrons. The number of carbonyl (C=O) groups is 1. The van der Waals surface area contributed by atoms with Gasteiger partial charge in [0.25, 0.3) is 0 Å². The van der Waals surface area contributed by atoms with Gasteiger partial charge in [-0.25, -0.2) is 0 Å². The smallest absolute Gasteiger partial charge is 0.158 e. The molecule has 6 rings (SSSR count). The first-order valence-electron chi connectivity index (χ1n) is 12.2. The molecule has 5 aliphatic rings. The average molecular weight is 393 g/mol. The molecule has 0 aliphatic heterocycles. The number of aromatic nitrogens is 2. The summed E-state index contributed by atoms with van der Waals surface area (Å²) in [5.74, 6) is 5.77. The van der Waals surface area contributed by atoms with Crippen LogP contribution in [0.2, 0.25) is 0 Å². The van der Waals surface area contributed by atoms with E-state index in [9.17, 15) is 4.79 Å². The molecule has 0 radical (unpaired) electrons.